The number of hydrogen-bond donors (Lipinski definition) is 1. The molecule has 4 aromatic rings. The van der Waals surface area contributed by atoms with E-state index in [4.69, 9.17) is 14.2 Å². The van der Waals surface area contributed by atoms with Crippen LogP contribution in [0.4, 0.5) is 5.69 Å². The fraction of sp³-hybridized carbons (Fsp3) is 0.316. The van der Waals surface area contributed by atoms with Crippen LogP contribution in [0.2, 0.25) is 0 Å². The SMILES string of the molecule is CC[C@@H](C)NC(=O)[C@@H](Cc1ccccc1)N(Cc1cccc(OC)c1)C(=O)CN(c1ccc(C)cc1)S(=O)(=O)c1ccc(OC)c(OC)c1. The lowest BCUT2D eigenvalue weighted by Crippen LogP contribution is -2.54. The summed E-state index contributed by atoms with van der Waals surface area (Å²) < 4.78 is 46.1. The van der Waals surface area contributed by atoms with Gasteiger partial charge in [0.05, 0.1) is 31.9 Å². The third kappa shape index (κ3) is 9.32. The van der Waals surface area contributed by atoms with Crippen LogP contribution in [0.25, 0.3) is 0 Å². The molecule has 2 amide bonds. The van der Waals surface area contributed by atoms with Crippen LogP contribution < -0.4 is 23.8 Å². The van der Waals surface area contributed by atoms with E-state index >= 15 is 0 Å². The number of ether oxygens (including phenoxy) is 3. The summed E-state index contributed by atoms with van der Waals surface area (Å²) in [5.74, 6) is 0.278. The Morgan fingerprint density at radius 1 is 0.796 bits per heavy atom. The number of aryl methyl sites for hydroxylation is 1. The van der Waals surface area contributed by atoms with Gasteiger partial charge in [-0.05, 0) is 67.8 Å². The minimum atomic E-state index is -4.33. The normalized spacial score (nSPS) is 12.4. The zero-order valence-electron chi connectivity index (χ0n) is 28.9. The molecule has 0 saturated carbocycles. The second-order valence-electron chi connectivity index (χ2n) is 11.8. The van der Waals surface area contributed by atoms with Crippen molar-refractivity contribution < 1.29 is 32.2 Å². The molecular formula is C38H45N3O7S. The molecule has 0 heterocycles. The lowest BCUT2D eigenvalue weighted by atomic mass is 10.0. The minimum Gasteiger partial charge on any atom is -0.497 e. The van der Waals surface area contributed by atoms with Crippen LogP contribution in [0.3, 0.4) is 0 Å². The van der Waals surface area contributed by atoms with Gasteiger partial charge in [0, 0.05) is 25.1 Å². The summed E-state index contributed by atoms with van der Waals surface area (Å²) in [6, 6.07) is 26.7. The maximum absolute atomic E-state index is 14.7. The van der Waals surface area contributed by atoms with E-state index in [0.717, 1.165) is 15.4 Å². The van der Waals surface area contributed by atoms with Crippen LogP contribution in [0.5, 0.6) is 17.2 Å². The number of nitrogens with zero attached hydrogens (tertiary/aromatic N) is 2. The number of rotatable bonds is 16. The number of amides is 2. The highest BCUT2D eigenvalue weighted by molar-refractivity contribution is 7.92. The highest BCUT2D eigenvalue weighted by atomic mass is 32.2. The molecule has 0 spiro atoms. The van der Waals surface area contributed by atoms with Gasteiger partial charge in [-0.1, -0.05) is 67.1 Å². The molecule has 0 unspecified atom stereocenters. The first-order chi connectivity index (χ1) is 23.5. The lowest BCUT2D eigenvalue weighted by molar-refractivity contribution is -0.140. The zero-order chi connectivity index (χ0) is 35.6. The number of carbonyl (C=O) groups is 2. The summed E-state index contributed by atoms with van der Waals surface area (Å²) in [7, 11) is 0.101. The highest BCUT2D eigenvalue weighted by Crippen LogP contribution is 2.32. The van der Waals surface area contributed by atoms with Gasteiger partial charge in [-0.25, -0.2) is 8.42 Å². The van der Waals surface area contributed by atoms with Crippen molar-refractivity contribution >= 4 is 27.5 Å². The maximum atomic E-state index is 14.7. The first-order valence-electron chi connectivity index (χ1n) is 16.1. The lowest BCUT2D eigenvalue weighted by Gasteiger charge is -2.34. The Balaban J connectivity index is 1.84. The average molecular weight is 688 g/mol. The Morgan fingerprint density at radius 2 is 1.47 bits per heavy atom. The van der Waals surface area contributed by atoms with Crippen LogP contribution in [0.1, 0.15) is 37.0 Å². The molecule has 0 aromatic heterocycles. The van der Waals surface area contributed by atoms with Gasteiger partial charge in [0.1, 0.15) is 18.3 Å². The van der Waals surface area contributed by atoms with Crippen LogP contribution in [0, 0.1) is 6.92 Å². The standard InChI is InChI=1S/C38H45N3O7S/c1-7-28(3)39-38(43)34(23-29-12-9-8-10-13-29)40(25-30-14-11-15-32(22-30)46-4)37(42)26-41(31-18-16-27(2)17-19-31)49(44,45)33-20-21-35(47-5)36(24-33)48-6/h8-22,24,28,34H,7,23,25-26H2,1-6H3,(H,39,43)/t28-,34-/m1/s1. The molecule has 49 heavy (non-hydrogen) atoms. The molecule has 0 bridgehead atoms. The monoisotopic (exact) mass is 687 g/mol. The van der Waals surface area contributed by atoms with Gasteiger partial charge in [0.2, 0.25) is 11.8 Å². The Morgan fingerprint density at radius 3 is 2.10 bits per heavy atom. The summed E-state index contributed by atoms with van der Waals surface area (Å²) in [6.45, 7) is 5.21. The van der Waals surface area contributed by atoms with Crippen LogP contribution in [-0.2, 0) is 32.6 Å². The first kappa shape index (κ1) is 36.8. The summed E-state index contributed by atoms with van der Waals surface area (Å²) >= 11 is 0. The Bertz CT molecular complexity index is 1820. The summed E-state index contributed by atoms with van der Waals surface area (Å²) in [6.07, 6.45) is 0.907. The van der Waals surface area contributed by atoms with Gasteiger partial charge in [-0.15, -0.1) is 0 Å². The third-order valence-electron chi connectivity index (χ3n) is 8.30. The van der Waals surface area contributed by atoms with Gasteiger partial charge in [-0.2, -0.15) is 0 Å². The average Bonchev–Trinajstić information content (AvgIpc) is 3.12. The van der Waals surface area contributed by atoms with E-state index in [2.05, 4.69) is 5.32 Å². The fourth-order valence-corrected chi connectivity index (χ4v) is 6.74. The topological polar surface area (TPSA) is 114 Å². The highest BCUT2D eigenvalue weighted by Gasteiger charge is 2.35. The van der Waals surface area contributed by atoms with Crippen LogP contribution in [0.15, 0.2) is 102 Å². The molecule has 0 aliphatic heterocycles. The zero-order valence-corrected chi connectivity index (χ0v) is 29.7. The van der Waals surface area contributed by atoms with E-state index in [0.29, 0.717) is 29.2 Å². The number of benzene rings is 4. The molecule has 0 radical (unpaired) electrons. The van der Waals surface area contributed by atoms with Crippen molar-refractivity contribution in [3.8, 4) is 17.2 Å². The summed E-state index contributed by atoms with van der Waals surface area (Å²) in [5, 5.41) is 3.05. The van der Waals surface area contributed by atoms with Crippen molar-refractivity contribution in [1.82, 2.24) is 10.2 Å². The van der Waals surface area contributed by atoms with Gasteiger partial charge in [0.15, 0.2) is 11.5 Å². The second kappa shape index (κ2) is 16.9. The van der Waals surface area contributed by atoms with E-state index in [-0.39, 0.29) is 35.6 Å². The molecule has 260 valence electrons. The Labute approximate surface area is 289 Å². The molecule has 0 aliphatic carbocycles. The number of hydrogen-bond acceptors (Lipinski definition) is 7. The third-order valence-corrected chi connectivity index (χ3v) is 10.1. The smallest absolute Gasteiger partial charge is 0.264 e. The van der Waals surface area contributed by atoms with Crippen molar-refractivity contribution in [2.24, 2.45) is 0 Å². The Hall–Kier alpha value is -5.03. The number of anilines is 1. The van der Waals surface area contributed by atoms with Gasteiger partial charge < -0.3 is 24.4 Å². The first-order valence-corrected chi connectivity index (χ1v) is 17.5. The number of carbonyl (C=O) groups excluding carboxylic acids is 2. The number of sulfonamides is 1. The van der Waals surface area contributed by atoms with E-state index in [1.54, 1.807) is 43.5 Å². The molecule has 0 aliphatic rings. The summed E-state index contributed by atoms with van der Waals surface area (Å²) in [5.41, 5.74) is 2.77. The van der Waals surface area contributed by atoms with E-state index in [1.165, 1.54) is 37.3 Å². The molecular weight excluding hydrogens is 642 g/mol. The maximum Gasteiger partial charge on any atom is 0.264 e. The largest absolute Gasteiger partial charge is 0.497 e. The Kier molecular flexibility index (Phi) is 12.7. The molecule has 1 N–H and O–H groups in total. The number of methoxy groups -OCH3 is 3. The van der Waals surface area contributed by atoms with Crippen molar-refractivity contribution in [2.75, 3.05) is 32.2 Å². The second-order valence-corrected chi connectivity index (χ2v) is 13.6. The number of nitrogens with one attached hydrogen (secondary N) is 1. The molecule has 2 atom stereocenters. The van der Waals surface area contributed by atoms with Crippen molar-refractivity contribution in [2.45, 2.75) is 57.1 Å². The predicted octanol–water partition coefficient (Wildman–Crippen LogP) is 5.77. The quantitative estimate of drug-likeness (QED) is 0.159. The molecule has 0 fully saturated rings. The van der Waals surface area contributed by atoms with Gasteiger partial charge >= 0.3 is 0 Å². The van der Waals surface area contributed by atoms with Crippen LogP contribution in [-0.4, -0.2) is 65.1 Å². The molecule has 10 nitrogen and oxygen atoms in total. The predicted molar refractivity (Wildman–Crippen MR) is 191 cm³/mol. The minimum absolute atomic E-state index is 0.0274. The van der Waals surface area contributed by atoms with Gasteiger partial charge in [0.25, 0.3) is 10.0 Å². The van der Waals surface area contributed by atoms with E-state index in [1.807, 2.05) is 63.2 Å². The van der Waals surface area contributed by atoms with Crippen molar-refractivity contribution in [3.05, 3.63) is 114 Å². The molecule has 4 rings (SSSR count). The fourth-order valence-electron chi connectivity index (χ4n) is 5.31. The van der Waals surface area contributed by atoms with Crippen molar-refractivity contribution in [1.29, 1.82) is 0 Å². The molecule has 11 heteroatoms. The van der Waals surface area contributed by atoms with E-state index in [9.17, 15) is 18.0 Å². The van der Waals surface area contributed by atoms with Crippen LogP contribution >= 0.6 is 0 Å². The summed E-state index contributed by atoms with van der Waals surface area (Å²) in [4.78, 5) is 30.1. The molecule has 0 saturated heterocycles. The molecule has 4 aromatic carbocycles. The van der Waals surface area contributed by atoms with Gasteiger partial charge in [-0.3, -0.25) is 13.9 Å². The van der Waals surface area contributed by atoms with Crippen molar-refractivity contribution in [3.63, 3.8) is 0 Å². The van der Waals surface area contributed by atoms with E-state index < -0.39 is 28.5 Å².